The van der Waals surface area contributed by atoms with E-state index in [1.54, 1.807) is 18.9 Å². The van der Waals surface area contributed by atoms with Crippen LogP contribution in [0.25, 0.3) is 0 Å². The molecule has 2 amide bonds. The summed E-state index contributed by atoms with van der Waals surface area (Å²) < 4.78 is 41.9. The van der Waals surface area contributed by atoms with E-state index in [2.05, 4.69) is 15.0 Å². The topological polar surface area (TPSA) is 76.5 Å². The highest BCUT2D eigenvalue weighted by Gasteiger charge is 2.31. The van der Waals surface area contributed by atoms with Crippen molar-refractivity contribution in [3.63, 3.8) is 0 Å². The minimum atomic E-state index is -4.75. The molecule has 10 heteroatoms. The normalized spacial score (nSPS) is 15.0. The Morgan fingerprint density at radius 3 is 2.61 bits per heavy atom. The van der Waals surface area contributed by atoms with Crippen molar-refractivity contribution in [2.24, 2.45) is 7.05 Å². The lowest BCUT2D eigenvalue weighted by molar-refractivity contribution is -0.274. The summed E-state index contributed by atoms with van der Waals surface area (Å²) in [5.41, 5.74) is 1.71. The van der Waals surface area contributed by atoms with Crippen molar-refractivity contribution < 1.29 is 22.7 Å². The Morgan fingerprint density at radius 2 is 1.96 bits per heavy atom. The second kappa shape index (κ2) is 7.53. The summed E-state index contributed by atoms with van der Waals surface area (Å²) in [6.07, 6.45) is -2.90. The predicted octanol–water partition coefficient (Wildman–Crippen LogP) is 2.51. The molecule has 28 heavy (non-hydrogen) atoms. The number of fused-ring (bicyclic) bond motifs is 1. The Labute approximate surface area is 158 Å². The Bertz CT molecular complexity index is 925. The van der Waals surface area contributed by atoms with Crippen LogP contribution in [0.3, 0.4) is 0 Å². The standard InChI is InChI=1S/C18H19F3N4O3/c1-11(12-3-5-13(6-4-12)28-18(19,20)21)23-17(27)25-8-7-14-15(9-25)22-10-24(2)16(14)26/h3-6,10-11H,7-9H2,1-2H3,(H,23,27)/t11-/m0/s1. The highest BCUT2D eigenvalue weighted by molar-refractivity contribution is 5.75. The Kier molecular flexibility index (Phi) is 5.30. The Morgan fingerprint density at radius 1 is 1.29 bits per heavy atom. The van der Waals surface area contributed by atoms with Gasteiger partial charge in [0.25, 0.3) is 5.56 Å². The third kappa shape index (κ3) is 4.44. The molecule has 0 unspecified atom stereocenters. The first-order valence-corrected chi connectivity index (χ1v) is 8.58. The molecule has 1 aliphatic heterocycles. The van der Waals surface area contributed by atoms with Crippen LogP contribution in [-0.4, -0.2) is 33.4 Å². The maximum Gasteiger partial charge on any atom is 0.573 e. The number of carbonyl (C=O) groups is 1. The molecular formula is C18H19F3N4O3. The van der Waals surface area contributed by atoms with Gasteiger partial charge in [-0.3, -0.25) is 4.79 Å². The number of carbonyl (C=O) groups excluding carboxylic acids is 1. The molecule has 2 aromatic rings. The van der Waals surface area contributed by atoms with E-state index in [1.807, 2.05) is 0 Å². The molecule has 7 nitrogen and oxygen atoms in total. The van der Waals surface area contributed by atoms with Gasteiger partial charge >= 0.3 is 12.4 Å². The van der Waals surface area contributed by atoms with Gasteiger partial charge < -0.3 is 19.5 Å². The maximum atomic E-state index is 12.5. The number of hydrogen-bond donors (Lipinski definition) is 1. The fraction of sp³-hybridized carbons (Fsp3) is 0.389. The number of amides is 2. The largest absolute Gasteiger partial charge is 0.573 e. The van der Waals surface area contributed by atoms with Gasteiger partial charge in [0.15, 0.2) is 0 Å². The molecule has 0 spiro atoms. The molecule has 0 radical (unpaired) electrons. The molecule has 1 aliphatic rings. The fourth-order valence-corrected chi connectivity index (χ4v) is 3.01. The quantitative estimate of drug-likeness (QED) is 0.865. The zero-order chi connectivity index (χ0) is 20.5. The van der Waals surface area contributed by atoms with Crippen molar-refractivity contribution in [3.8, 4) is 5.75 Å². The van der Waals surface area contributed by atoms with Gasteiger partial charge in [-0.2, -0.15) is 0 Å². The van der Waals surface area contributed by atoms with Gasteiger partial charge in [0.2, 0.25) is 0 Å². The molecule has 1 aromatic carbocycles. The third-order valence-electron chi connectivity index (χ3n) is 4.53. The number of nitrogens with one attached hydrogen (secondary N) is 1. The van der Waals surface area contributed by atoms with E-state index in [-0.39, 0.29) is 23.9 Å². The monoisotopic (exact) mass is 396 g/mol. The summed E-state index contributed by atoms with van der Waals surface area (Å²) in [6.45, 7) is 2.33. The number of aryl methyl sites for hydroxylation is 1. The lowest BCUT2D eigenvalue weighted by Gasteiger charge is -2.29. The smallest absolute Gasteiger partial charge is 0.406 e. The predicted molar refractivity (Wildman–Crippen MR) is 93.7 cm³/mol. The number of ether oxygens (including phenoxy) is 1. The molecule has 150 valence electrons. The van der Waals surface area contributed by atoms with Crippen LogP contribution in [0, 0.1) is 0 Å². The van der Waals surface area contributed by atoms with E-state index in [9.17, 15) is 22.8 Å². The van der Waals surface area contributed by atoms with Crippen LogP contribution in [0.1, 0.15) is 29.8 Å². The molecule has 2 heterocycles. The maximum absolute atomic E-state index is 12.5. The van der Waals surface area contributed by atoms with Gasteiger partial charge in [0.1, 0.15) is 5.75 Å². The molecule has 0 fully saturated rings. The van der Waals surface area contributed by atoms with Gasteiger partial charge in [0.05, 0.1) is 24.6 Å². The number of nitrogens with zero attached hydrogens (tertiary/aromatic N) is 3. The van der Waals surface area contributed by atoms with Gasteiger partial charge in [-0.1, -0.05) is 12.1 Å². The van der Waals surface area contributed by atoms with Crippen molar-refractivity contribution in [1.29, 1.82) is 0 Å². The molecule has 0 aliphatic carbocycles. The summed E-state index contributed by atoms with van der Waals surface area (Å²) in [5, 5.41) is 2.80. The number of aromatic nitrogens is 2. The first kappa shape index (κ1) is 19.7. The summed E-state index contributed by atoms with van der Waals surface area (Å²) in [5.74, 6) is -0.324. The highest BCUT2D eigenvalue weighted by atomic mass is 19.4. The van der Waals surface area contributed by atoms with Crippen molar-refractivity contribution in [2.75, 3.05) is 6.54 Å². The van der Waals surface area contributed by atoms with Crippen molar-refractivity contribution in [2.45, 2.75) is 32.3 Å². The molecule has 1 atom stereocenters. The van der Waals surface area contributed by atoms with E-state index in [0.29, 0.717) is 29.8 Å². The number of rotatable bonds is 3. The lowest BCUT2D eigenvalue weighted by atomic mass is 10.1. The number of halogens is 3. The van der Waals surface area contributed by atoms with Crippen LogP contribution in [0.4, 0.5) is 18.0 Å². The Hall–Kier alpha value is -3.04. The molecular weight excluding hydrogens is 377 g/mol. The minimum absolute atomic E-state index is 0.111. The molecule has 1 N–H and O–H groups in total. The molecule has 0 saturated heterocycles. The van der Waals surface area contributed by atoms with Gasteiger partial charge in [-0.05, 0) is 31.0 Å². The van der Waals surface area contributed by atoms with Crippen molar-refractivity contribution in [3.05, 3.63) is 57.8 Å². The average molecular weight is 396 g/mol. The van der Waals surface area contributed by atoms with Gasteiger partial charge in [0, 0.05) is 19.2 Å². The molecule has 3 rings (SSSR count). The second-order valence-electron chi connectivity index (χ2n) is 6.55. The summed E-state index contributed by atoms with van der Waals surface area (Å²) in [6, 6.07) is 4.55. The summed E-state index contributed by atoms with van der Waals surface area (Å²) in [4.78, 5) is 30.4. The SMILES string of the molecule is C[C@H](NC(=O)N1CCc2c(ncn(C)c2=O)C1)c1ccc(OC(F)(F)F)cc1. The van der Waals surface area contributed by atoms with Crippen LogP contribution < -0.4 is 15.6 Å². The van der Waals surface area contributed by atoms with E-state index >= 15 is 0 Å². The van der Waals surface area contributed by atoms with Crippen LogP contribution in [0.15, 0.2) is 35.4 Å². The van der Waals surface area contributed by atoms with E-state index < -0.39 is 12.4 Å². The van der Waals surface area contributed by atoms with Crippen LogP contribution in [0.5, 0.6) is 5.75 Å². The zero-order valence-electron chi connectivity index (χ0n) is 15.3. The number of alkyl halides is 3. The summed E-state index contributed by atoms with van der Waals surface area (Å²) >= 11 is 0. The van der Waals surface area contributed by atoms with E-state index in [0.717, 1.165) is 0 Å². The minimum Gasteiger partial charge on any atom is -0.406 e. The van der Waals surface area contributed by atoms with Crippen molar-refractivity contribution in [1.82, 2.24) is 19.8 Å². The van der Waals surface area contributed by atoms with Crippen molar-refractivity contribution >= 4 is 6.03 Å². The lowest BCUT2D eigenvalue weighted by Crippen LogP contribution is -2.45. The first-order valence-electron chi connectivity index (χ1n) is 8.58. The second-order valence-corrected chi connectivity index (χ2v) is 6.55. The third-order valence-corrected chi connectivity index (χ3v) is 4.53. The average Bonchev–Trinajstić information content (AvgIpc) is 2.63. The molecule has 0 saturated carbocycles. The zero-order valence-corrected chi connectivity index (χ0v) is 15.3. The fourth-order valence-electron chi connectivity index (χ4n) is 3.01. The van der Waals surface area contributed by atoms with E-state index in [4.69, 9.17) is 0 Å². The van der Waals surface area contributed by atoms with Gasteiger partial charge in [-0.25, -0.2) is 9.78 Å². The Balaban J connectivity index is 1.63. The van der Waals surface area contributed by atoms with Crippen LogP contribution in [-0.2, 0) is 20.0 Å². The number of hydrogen-bond acceptors (Lipinski definition) is 4. The number of benzene rings is 1. The van der Waals surface area contributed by atoms with Crippen LogP contribution in [0.2, 0.25) is 0 Å². The van der Waals surface area contributed by atoms with Gasteiger partial charge in [-0.15, -0.1) is 13.2 Å². The first-order chi connectivity index (χ1) is 13.1. The molecule has 1 aromatic heterocycles. The van der Waals surface area contributed by atoms with E-state index in [1.165, 1.54) is 35.2 Å². The number of urea groups is 1. The highest BCUT2D eigenvalue weighted by Crippen LogP contribution is 2.24. The van der Waals surface area contributed by atoms with Crippen LogP contribution >= 0.6 is 0 Å². The summed E-state index contributed by atoms with van der Waals surface area (Å²) in [7, 11) is 1.63. The molecule has 0 bridgehead atoms.